The van der Waals surface area contributed by atoms with Gasteiger partial charge < -0.3 is 14.2 Å². The number of carbonyl (C=O) groups is 1. The molecule has 1 saturated carbocycles. The molecular weight excluding hydrogens is 356 g/mol. The van der Waals surface area contributed by atoms with E-state index in [1.54, 1.807) is 44.6 Å². The first-order valence-electron chi connectivity index (χ1n) is 8.34. The van der Waals surface area contributed by atoms with Gasteiger partial charge in [-0.15, -0.1) is 0 Å². The monoisotopic (exact) mass is 377 g/mol. The fraction of sp³-hybridized carbons (Fsp3) is 0.368. The van der Waals surface area contributed by atoms with Gasteiger partial charge in [0.15, 0.2) is 21.9 Å². The molecule has 0 aromatic heterocycles. The van der Waals surface area contributed by atoms with Gasteiger partial charge in [-0.25, -0.2) is 8.42 Å². The summed E-state index contributed by atoms with van der Waals surface area (Å²) in [5, 5.41) is 0. The van der Waals surface area contributed by atoms with Gasteiger partial charge in [0.25, 0.3) is 0 Å². The van der Waals surface area contributed by atoms with Crippen molar-refractivity contribution in [1.82, 2.24) is 0 Å². The van der Waals surface area contributed by atoms with Crippen LogP contribution in [-0.2, 0) is 28.8 Å². The zero-order chi connectivity index (χ0) is 18.6. The van der Waals surface area contributed by atoms with Gasteiger partial charge in [0, 0.05) is 7.11 Å². The number of ketones is 1. The molecule has 26 heavy (non-hydrogen) atoms. The summed E-state index contributed by atoms with van der Waals surface area (Å²) in [5.74, 6) is -0.205. The lowest BCUT2D eigenvalue weighted by Gasteiger charge is -2.34. The molecule has 2 fully saturated rings. The molecule has 1 heterocycles. The van der Waals surface area contributed by atoms with Crippen molar-refractivity contribution in [2.24, 2.45) is 0 Å². The first-order valence-corrected chi connectivity index (χ1v) is 9.99. The fourth-order valence-corrected chi connectivity index (χ4v) is 4.15. The molecule has 0 N–H and O–H groups in total. The molecule has 1 aliphatic carbocycles. The summed E-state index contributed by atoms with van der Waals surface area (Å²) >= 11 is 0. The van der Waals surface area contributed by atoms with Gasteiger partial charge in [0.1, 0.15) is 5.75 Å². The molecule has 0 unspecified atom stereocenters. The van der Waals surface area contributed by atoms with Crippen molar-refractivity contribution >= 4 is 15.6 Å². The second-order valence-corrected chi connectivity index (χ2v) is 8.08. The van der Waals surface area contributed by atoms with Crippen LogP contribution in [0.2, 0.25) is 0 Å². The Labute approximate surface area is 154 Å². The number of hydrogen-bond donors (Lipinski definition) is 0. The van der Waals surface area contributed by atoms with Crippen molar-refractivity contribution in [3.05, 3.63) is 61.4 Å². The molecule has 1 saturated heterocycles. The molecule has 1 aromatic rings. The lowest BCUT2D eigenvalue weighted by Crippen LogP contribution is -2.41. The van der Waals surface area contributed by atoms with Gasteiger partial charge in [-0.3, -0.25) is 4.79 Å². The smallest absolute Gasteiger partial charge is 0.185 e. The van der Waals surface area contributed by atoms with Gasteiger partial charge >= 0.3 is 0 Å². The van der Waals surface area contributed by atoms with Crippen molar-refractivity contribution in [3.63, 3.8) is 0 Å². The topological polar surface area (TPSA) is 78.9 Å². The van der Waals surface area contributed by atoms with Crippen LogP contribution in [0.15, 0.2) is 35.2 Å². The standard InChI is InChI=1S/C19H21O6S/c1-23-12-14-10-11-24-19(25-14)17-9-5-8-16(17)18(20)13-26(21,22)15-6-3-2-4-7-15/h2-9,14,19H,10-13H2,1H3/t14-,19-/m0/s1. The van der Waals surface area contributed by atoms with Crippen molar-refractivity contribution in [1.29, 1.82) is 0 Å². The Bertz CT molecular complexity index is 700. The molecule has 2 aliphatic rings. The van der Waals surface area contributed by atoms with E-state index in [4.69, 9.17) is 14.2 Å². The molecule has 0 amide bonds. The summed E-state index contributed by atoms with van der Waals surface area (Å²) in [7, 11) is -2.11. The third-order valence-electron chi connectivity index (χ3n) is 4.21. The highest BCUT2D eigenvalue weighted by molar-refractivity contribution is 7.92. The fourth-order valence-electron chi connectivity index (χ4n) is 2.92. The van der Waals surface area contributed by atoms with Gasteiger partial charge in [-0.05, 0) is 37.8 Å². The van der Waals surface area contributed by atoms with Crippen molar-refractivity contribution in [3.8, 4) is 0 Å². The molecule has 6 nitrogen and oxygen atoms in total. The van der Waals surface area contributed by atoms with E-state index in [1.165, 1.54) is 12.1 Å². The Balaban J connectivity index is 1.67. The summed E-state index contributed by atoms with van der Waals surface area (Å²) in [6.45, 7) is 0.923. The highest BCUT2D eigenvalue weighted by Gasteiger charge is 2.44. The van der Waals surface area contributed by atoms with Gasteiger partial charge in [-0.1, -0.05) is 18.2 Å². The van der Waals surface area contributed by atoms with E-state index in [0.717, 1.165) is 0 Å². The number of rotatable bonds is 7. The zero-order valence-electron chi connectivity index (χ0n) is 14.5. The van der Waals surface area contributed by atoms with Crippen molar-refractivity contribution in [2.75, 3.05) is 26.1 Å². The summed E-state index contributed by atoms with van der Waals surface area (Å²) in [4.78, 5) is 12.8. The van der Waals surface area contributed by atoms with Crippen LogP contribution >= 0.6 is 0 Å². The van der Waals surface area contributed by atoms with Crippen molar-refractivity contribution < 1.29 is 27.4 Å². The minimum atomic E-state index is -3.70. The largest absolute Gasteiger partial charge is 0.382 e. The Morgan fingerprint density at radius 2 is 2.00 bits per heavy atom. The highest BCUT2D eigenvalue weighted by atomic mass is 32.2. The number of benzene rings is 1. The molecule has 3 rings (SSSR count). The second kappa shape index (κ2) is 8.61. The number of hydrogen-bond acceptors (Lipinski definition) is 6. The number of Topliss-reactive ketones (excluding diaryl/α,β-unsaturated/α-hetero) is 1. The Morgan fingerprint density at radius 3 is 2.73 bits per heavy atom. The Kier molecular flexibility index (Phi) is 6.45. The molecule has 7 heteroatoms. The SMILES string of the molecule is COC[C@@H]1CCO[C@H]([C]2[CH][CH][CH][C]2C(=O)CS(=O)(=O)c2ccccc2)O1. The van der Waals surface area contributed by atoms with Crippen LogP contribution in [0.4, 0.5) is 0 Å². The predicted molar refractivity (Wildman–Crippen MR) is 94.0 cm³/mol. The van der Waals surface area contributed by atoms with Crippen LogP contribution in [0.1, 0.15) is 6.42 Å². The average molecular weight is 377 g/mol. The molecule has 0 bridgehead atoms. The van der Waals surface area contributed by atoms with Crippen LogP contribution in [0.3, 0.4) is 0 Å². The minimum Gasteiger partial charge on any atom is -0.382 e. The lowest BCUT2D eigenvalue weighted by molar-refractivity contribution is -0.210. The summed E-state index contributed by atoms with van der Waals surface area (Å²) in [6.07, 6.45) is 4.91. The molecule has 1 aromatic carbocycles. The van der Waals surface area contributed by atoms with E-state index in [0.29, 0.717) is 31.5 Å². The number of methoxy groups -OCH3 is 1. The predicted octanol–water partition coefficient (Wildman–Crippen LogP) is 1.58. The molecule has 1 aliphatic heterocycles. The van der Waals surface area contributed by atoms with E-state index in [1.807, 2.05) is 0 Å². The maximum Gasteiger partial charge on any atom is 0.185 e. The number of sulfone groups is 1. The molecule has 139 valence electrons. The number of carbonyl (C=O) groups excluding carboxylic acids is 1. The second-order valence-electron chi connectivity index (χ2n) is 6.09. The van der Waals surface area contributed by atoms with E-state index in [9.17, 15) is 13.2 Å². The Hall–Kier alpha value is -1.28. The van der Waals surface area contributed by atoms with Gasteiger partial charge in [0.2, 0.25) is 0 Å². The maximum absolute atomic E-state index is 12.7. The summed E-state index contributed by atoms with van der Waals surface area (Å²) in [6, 6.07) is 7.95. The number of ether oxygens (including phenoxy) is 3. The first-order chi connectivity index (χ1) is 12.5. The van der Waals surface area contributed by atoms with Crippen LogP contribution < -0.4 is 0 Å². The molecule has 2 atom stereocenters. The maximum atomic E-state index is 12.7. The average Bonchev–Trinajstić information content (AvgIpc) is 3.13. The van der Waals surface area contributed by atoms with Crippen molar-refractivity contribution in [2.45, 2.75) is 23.7 Å². The minimum absolute atomic E-state index is 0.121. The van der Waals surface area contributed by atoms with Crippen LogP contribution in [-0.4, -0.2) is 52.7 Å². The lowest BCUT2D eigenvalue weighted by atomic mass is 9.91. The van der Waals surface area contributed by atoms with Crippen LogP contribution in [0, 0.1) is 31.1 Å². The van der Waals surface area contributed by atoms with E-state index in [-0.39, 0.29) is 11.0 Å². The van der Waals surface area contributed by atoms with E-state index in [2.05, 4.69) is 0 Å². The quantitative estimate of drug-likeness (QED) is 0.718. The van der Waals surface area contributed by atoms with Crippen LogP contribution in [0.5, 0.6) is 0 Å². The van der Waals surface area contributed by atoms with Gasteiger partial charge in [-0.2, -0.15) is 0 Å². The van der Waals surface area contributed by atoms with E-state index >= 15 is 0 Å². The van der Waals surface area contributed by atoms with Gasteiger partial charge in [0.05, 0.1) is 36.0 Å². The molecule has 5 radical (unpaired) electrons. The third-order valence-corrected chi connectivity index (χ3v) is 5.84. The highest BCUT2D eigenvalue weighted by Crippen LogP contribution is 2.40. The molecule has 0 spiro atoms. The van der Waals surface area contributed by atoms with Crippen LogP contribution in [0.25, 0.3) is 0 Å². The zero-order valence-corrected chi connectivity index (χ0v) is 15.3. The summed E-state index contributed by atoms with van der Waals surface area (Å²) in [5.41, 5.74) is 0. The Morgan fingerprint density at radius 1 is 1.23 bits per heavy atom. The molecular formula is C19H21O6S. The van der Waals surface area contributed by atoms with E-state index < -0.39 is 27.7 Å². The first kappa shape index (κ1) is 19.5. The third kappa shape index (κ3) is 4.52. The normalized spacial score (nSPS) is 25.4. The summed E-state index contributed by atoms with van der Waals surface area (Å²) < 4.78 is 41.5.